The lowest BCUT2D eigenvalue weighted by Gasteiger charge is -2.13. The van der Waals surface area contributed by atoms with Gasteiger partial charge in [0.2, 0.25) is 0 Å². The molecule has 0 fully saturated rings. The lowest BCUT2D eigenvalue weighted by Crippen LogP contribution is -2.36. The summed E-state index contributed by atoms with van der Waals surface area (Å²) in [6.07, 6.45) is 0.635. The molecule has 0 amide bonds. The zero-order valence-corrected chi connectivity index (χ0v) is 10.4. The molecule has 0 spiro atoms. The van der Waals surface area contributed by atoms with Gasteiger partial charge in [-0.1, -0.05) is 28.1 Å². The second-order valence-electron chi connectivity index (χ2n) is 3.20. The molecule has 4 heteroatoms. The zero-order valence-electron chi connectivity index (χ0n) is 8.79. The van der Waals surface area contributed by atoms with Gasteiger partial charge in [0.25, 0.3) is 0 Å². The molecule has 1 aromatic rings. The molecular formula is C11H14BrNO2. The number of methoxy groups -OCH3 is 1. The molecule has 3 nitrogen and oxygen atoms in total. The van der Waals surface area contributed by atoms with Crippen LogP contribution in [-0.4, -0.2) is 26.2 Å². The molecule has 0 aliphatic carbocycles. The Morgan fingerprint density at radius 1 is 1.47 bits per heavy atom. The SMILES string of the molecule is CNC(Cc1ccc(Br)cc1)C(=O)OC. The minimum Gasteiger partial charge on any atom is -0.468 e. The maximum absolute atomic E-state index is 11.3. The molecule has 1 aromatic carbocycles. The summed E-state index contributed by atoms with van der Waals surface area (Å²) in [5, 5.41) is 2.93. The normalized spacial score (nSPS) is 12.2. The Balaban J connectivity index is 2.66. The van der Waals surface area contributed by atoms with Crippen molar-refractivity contribution in [3.63, 3.8) is 0 Å². The van der Waals surface area contributed by atoms with Crippen LogP contribution in [0.5, 0.6) is 0 Å². The average Bonchev–Trinajstić information content (AvgIpc) is 2.27. The summed E-state index contributed by atoms with van der Waals surface area (Å²) in [6, 6.07) is 7.60. The quantitative estimate of drug-likeness (QED) is 0.849. The van der Waals surface area contributed by atoms with Gasteiger partial charge in [-0.2, -0.15) is 0 Å². The Bertz CT molecular complexity index is 324. The van der Waals surface area contributed by atoms with Crippen LogP contribution >= 0.6 is 15.9 Å². The molecule has 0 saturated carbocycles. The van der Waals surface area contributed by atoms with Crippen LogP contribution in [0.1, 0.15) is 5.56 Å². The second-order valence-corrected chi connectivity index (χ2v) is 4.11. The fourth-order valence-corrected chi connectivity index (χ4v) is 1.57. The molecule has 0 aliphatic rings. The maximum Gasteiger partial charge on any atom is 0.323 e. The number of hydrogen-bond donors (Lipinski definition) is 1. The lowest BCUT2D eigenvalue weighted by atomic mass is 10.1. The molecule has 0 aliphatic heterocycles. The van der Waals surface area contributed by atoms with E-state index < -0.39 is 0 Å². The third-order valence-electron chi connectivity index (χ3n) is 2.19. The van der Waals surface area contributed by atoms with Crippen molar-refractivity contribution in [2.45, 2.75) is 12.5 Å². The smallest absolute Gasteiger partial charge is 0.323 e. The number of rotatable bonds is 4. The molecular weight excluding hydrogens is 258 g/mol. The third kappa shape index (κ3) is 3.64. The summed E-state index contributed by atoms with van der Waals surface area (Å²) in [5.74, 6) is -0.236. The zero-order chi connectivity index (χ0) is 11.3. The van der Waals surface area contributed by atoms with E-state index in [9.17, 15) is 4.79 Å². The highest BCUT2D eigenvalue weighted by Gasteiger charge is 2.16. The van der Waals surface area contributed by atoms with Crippen molar-refractivity contribution in [2.75, 3.05) is 14.2 Å². The monoisotopic (exact) mass is 271 g/mol. The lowest BCUT2D eigenvalue weighted by molar-refractivity contribution is -0.142. The molecule has 0 aromatic heterocycles. The fourth-order valence-electron chi connectivity index (χ4n) is 1.30. The molecule has 0 saturated heterocycles. The molecule has 1 rings (SSSR count). The van der Waals surface area contributed by atoms with Gasteiger partial charge in [0.1, 0.15) is 6.04 Å². The highest BCUT2D eigenvalue weighted by molar-refractivity contribution is 9.10. The molecule has 1 N–H and O–H groups in total. The van der Waals surface area contributed by atoms with Crippen LogP contribution in [0.4, 0.5) is 0 Å². The van der Waals surface area contributed by atoms with Crippen molar-refractivity contribution in [3.8, 4) is 0 Å². The average molecular weight is 272 g/mol. The van der Waals surface area contributed by atoms with Crippen LogP contribution < -0.4 is 5.32 Å². The number of carbonyl (C=O) groups excluding carboxylic acids is 1. The van der Waals surface area contributed by atoms with Crippen molar-refractivity contribution in [1.29, 1.82) is 0 Å². The Morgan fingerprint density at radius 3 is 2.53 bits per heavy atom. The molecule has 82 valence electrons. The Morgan fingerprint density at radius 2 is 2.07 bits per heavy atom. The molecule has 15 heavy (non-hydrogen) atoms. The molecule has 1 atom stereocenters. The Kier molecular flexibility index (Phi) is 4.78. The number of esters is 1. The van der Waals surface area contributed by atoms with Gasteiger partial charge in [-0.15, -0.1) is 0 Å². The molecule has 0 radical (unpaired) electrons. The van der Waals surface area contributed by atoms with Crippen LogP contribution in [0.3, 0.4) is 0 Å². The van der Waals surface area contributed by atoms with Gasteiger partial charge in [0, 0.05) is 4.47 Å². The largest absolute Gasteiger partial charge is 0.468 e. The van der Waals surface area contributed by atoms with Crippen molar-refractivity contribution in [3.05, 3.63) is 34.3 Å². The van der Waals surface area contributed by atoms with E-state index in [1.165, 1.54) is 7.11 Å². The topological polar surface area (TPSA) is 38.3 Å². The van der Waals surface area contributed by atoms with Crippen LogP contribution in [-0.2, 0) is 16.0 Å². The number of ether oxygens (including phenoxy) is 1. The van der Waals surface area contributed by atoms with Gasteiger partial charge < -0.3 is 10.1 Å². The maximum atomic E-state index is 11.3. The summed E-state index contributed by atoms with van der Waals surface area (Å²) in [7, 11) is 3.15. The Hall–Kier alpha value is -0.870. The number of benzene rings is 1. The molecule has 0 heterocycles. The minimum atomic E-state index is -0.281. The van der Waals surface area contributed by atoms with E-state index in [2.05, 4.69) is 26.0 Å². The number of nitrogens with one attached hydrogen (secondary N) is 1. The van der Waals surface area contributed by atoms with Crippen LogP contribution in [0.15, 0.2) is 28.7 Å². The summed E-state index contributed by atoms with van der Waals surface area (Å²) in [5.41, 5.74) is 1.10. The van der Waals surface area contributed by atoms with E-state index in [1.54, 1.807) is 7.05 Å². The molecule has 0 bridgehead atoms. The summed E-state index contributed by atoms with van der Waals surface area (Å²) < 4.78 is 5.72. The summed E-state index contributed by atoms with van der Waals surface area (Å²) in [4.78, 5) is 11.3. The van der Waals surface area contributed by atoms with E-state index in [-0.39, 0.29) is 12.0 Å². The van der Waals surface area contributed by atoms with Crippen molar-refractivity contribution in [2.24, 2.45) is 0 Å². The van der Waals surface area contributed by atoms with Crippen LogP contribution in [0, 0.1) is 0 Å². The highest BCUT2D eigenvalue weighted by Crippen LogP contribution is 2.12. The van der Waals surface area contributed by atoms with E-state index in [1.807, 2.05) is 24.3 Å². The van der Waals surface area contributed by atoms with Gasteiger partial charge >= 0.3 is 5.97 Å². The highest BCUT2D eigenvalue weighted by atomic mass is 79.9. The number of carbonyl (C=O) groups is 1. The van der Waals surface area contributed by atoms with Gasteiger partial charge in [-0.25, -0.2) is 0 Å². The fraction of sp³-hybridized carbons (Fsp3) is 0.364. The first-order chi connectivity index (χ1) is 7.17. The first kappa shape index (κ1) is 12.2. The number of hydrogen-bond acceptors (Lipinski definition) is 3. The van der Waals surface area contributed by atoms with Gasteiger partial charge in [-0.05, 0) is 31.2 Å². The summed E-state index contributed by atoms with van der Waals surface area (Å²) >= 11 is 3.36. The molecule has 1 unspecified atom stereocenters. The first-order valence-electron chi connectivity index (χ1n) is 4.67. The standard InChI is InChI=1S/C11H14BrNO2/c1-13-10(11(14)15-2)7-8-3-5-9(12)6-4-8/h3-6,10,13H,7H2,1-2H3. The number of likely N-dealkylation sites (N-methyl/N-ethyl adjacent to an activating group) is 1. The van der Waals surface area contributed by atoms with Gasteiger partial charge in [-0.3, -0.25) is 4.79 Å². The second kappa shape index (κ2) is 5.88. The van der Waals surface area contributed by atoms with E-state index in [0.717, 1.165) is 10.0 Å². The van der Waals surface area contributed by atoms with E-state index >= 15 is 0 Å². The third-order valence-corrected chi connectivity index (χ3v) is 2.72. The van der Waals surface area contributed by atoms with E-state index in [4.69, 9.17) is 0 Å². The van der Waals surface area contributed by atoms with Crippen molar-refractivity contribution < 1.29 is 9.53 Å². The van der Waals surface area contributed by atoms with Crippen LogP contribution in [0.25, 0.3) is 0 Å². The van der Waals surface area contributed by atoms with Crippen molar-refractivity contribution in [1.82, 2.24) is 5.32 Å². The Labute approximate surface area is 97.9 Å². The number of halogens is 1. The van der Waals surface area contributed by atoms with Crippen LogP contribution in [0.2, 0.25) is 0 Å². The predicted octanol–water partition coefficient (Wildman–Crippen LogP) is 1.75. The van der Waals surface area contributed by atoms with Gasteiger partial charge in [0.05, 0.1) is 7.11 Å². The predicted molar refractivity (Wildman–Crippen MR) is 62.7 cm³/mol. The first-order valence-corrected chi connectivity index (χ1v) is 5.46. The summed E-state index contributed by atoms with van der Waals surface area (Å²) in [6.45, 7) is 0. The van der Waals surface area contributed by atoms with E-state index in [0.29, 0.717) is 6.42 Å². The van der Waals surface area contributed by atoms with Crippen molar-refractivity contribution >= 4 is 21.9 Å². The van der Waals surface area contributed by atoms with Gasteiger partial charge in [0.15, 0.2) is 0 Å². The minimum absolute atomic E-state index is 0.236.